The molecule has 36 heavy (non-hydrogen) atoms. The molecular formula is C26H20N4O6. The molecule has 0 N–H and O–H groups in total. The summed E-state index contributed by atoms with van der Waals surface area (Å²) < 4.78 is 0. The zero-order chi connectivity index (χ0) is 25.4. The van der Waals surface area contributed by atoms with Crippen molar-refractivity contribution in [1.82, 2.24) is 0 Å². The highest BCUT2D eigenvalue weighted by Crippen LogP contribution is 2.33. The van der Waals surface area contributed by atoms with E-state index in [1.54, 1.807) is 42.5 Å². The molecule has 1 heterocycles. The van der Waals surface area contributed by atoms with Crippen LogP contribution >= 0.6 is 0 Å². The van der Waals surface area contributed by atoms with Gasteiger partial charge in [0.2, 0.25) is 0 Å². The van der Waals surface area contributed by atoms with Crippen molar-refractivity contribution in [2.45, 2.75) is 0 Å². The van der Waals surface area contributed by atoms with E-state index in [-0.39, 0.29) is 16.9 Å². The van der Waals surface area contributed by atoms with Gasteiger partial charge in [-0.15, -0.1) is 0 Å². The van der Waals surface area contributed by atoms with E-state index < -0.39 is 21.4 Å². The Labute approximate surface area is 205 Å². The van der Waals surface area contributed by atoms with Gasteiger partial charge in [-0.05, 0) is 24.3 Å². The lowest BCUT2D eigenvalue weighted by atomic mass is 10.0. The van der Waals surface area contributed by atoms with Crippen LogP contribution in [0.1, 0.15) is 26.3 Å². The SMILES string of the molecule is O=C1C(=Cc2cc([N+](=O)[O-])ccc2N2CCN(c3ccc([N+](=O)[O-])cc3)CC2)C(=O)c2ccccc21. The number of nitrogens with zero attached hydrogens (tertiary/aromatic N) is 4. The highest BCUT2D eigenvalue weighted by atomic mass is 16.6. The van der Waals surface area contributed by atoms with Gasteiger partial charge >= 0.3 is 0 Å². The molecule has 3 aromatic carbocycles. The number of anilines is 2. The van der Waals surface area contributed by atoms with E-state index in [1.165, 1.54) is 30.3 Å². The second-order valence-corrected chi connectivity index (χ2v) is 8.51. The van der Waals surface area contributed by atoms with Crippen molar-refractivity contribution in [3.05, 3.63) is 109 Å². The summed E-state index contributed by atoms with van der Waals surface area (Å²) in [6, 6.07) is 17.4. The van der Waals surface area contributed by atoms with E-state index >= 15 is 0 Å². The Bertz CT molecular complexity index is 1400. The Hall–Kier alpha value is -4.86. The molecule has 0 unspecified atom stereocenters. The van der Waals surface area contributed by atoms with E-state index in [4.69, 9.17) is 0 Å². The van der Waals surface area contributed by atoms with Crippen molar-refractivity contribution < 1.29 is 19.4 Å². The summed E-state index contributed by atoms with van der Waals surface area (Å²) in [5.74, 6) is -0.785. The Morgan fingerprint density at radius 2 is 1.22 bits per heavy atom. The van der Waals surface area contributed by atoms with Crippen molar-refractivity contribution in [3.63, 3.8) is 0 Å². The van der Waals surface area contributed by atoms with Crippen LogP contribution in [0, 0.1) is 20.2 Å². The number of carbonyl (C=O) groups is 2. The fourth-order valence-electron chi connectivity index (χ4n) is 4.61. The van der Waals surface area contributed by atoms with Gasteiger partial charge in [-0.1, -0.05) is 24.3 Å². The van der Waals surface area contributed by atoms with Gasteiger partial charge in [0, 0.05) is 78.5 Å². The number of hydrogen-bond acceptors (Lipinski definition) is 8. The maximum absolute atomic E-state index is 12.9. The number of hydrogen-bond donors (Lipinski definition) is 0. The zero-order valence-electron chi connectivity index (χ0n) is 19.0. The van der Waals surface area contributed by atoms with Crippen molar-refractivity contribution in [1.29, 1.82) is 0 Å². The summed E-state index contributed by atoms with van der Waals surface area (Å²) >= 11 is 0. The van der Waals surface area contributed by atoms with Crippen LogP contribution in [-0.4, -0.2) is 47.6 Å². The molecule has 180 valence electrons. The first-order chi connectivity index (χ1) is 17.3. The molecule has 3 aromatic rings. The second kappa shape index (κ2) is 9.06. The van der Waals surface area contributed by atoms with Gasteiger partial charge in [0.25, 0.3) is 11.4 Å². The largest absolute Gasteiger partial charge is 0.368 e. The van der Waals surface area contributed by atoms with Crippen LogP contribution in [0.25, 0.3) is 6.08 Å². The Morgan fingerprint density at radius 3 is 1.78 bits per heavy atom. The van der Waals surface area contributed by atoms with Gasteiger partial charge in [0.1, 0.15) is 0 Å². The van der Waals surface area contributed by atoms with Gasteiger partial charge < -0.3 is 9.80 Å². The third-order valence-electron chi connectivity index (χ3n) is 6.47. The topological polar surface area (TPSA) is 127 Å². The fourth-order valence-corrected chi connectivity index (χ4v) is 4.61. The number of ketones is 2. The van der Waals surface area contributed by atoms with E-state index in [9.17, 15) is 29.8 Å². The summed E-state index contributed by atoms with van der Waals surface area (Å²) in [5, 5.41) is 22.4. The van der Waals surface area contributed by atoms with Crippen molar-refractivity contribution in [3.8, 4) is 0 Å². The molecule has 10 nitrogen and oxygen atoms in total. The Balaban J connectivity index is 1.43. The zero-order valence-corrected chi connectivity index (χ0v) is 19.0. The molecule has 1 fully saturated rings. The molecule has 1 saturated heterocycles. The first-order valence-electron chi connectivity index (χ1n) is 11.3. The van der Waals surface area contributed by atoms with E-state index in [0.29, 0.717) is 48.6 Å². The third kappa shape index (κ3) is 4.09. The molecule has 0 bridgehead atoms. The quantitative estimate of drug-likeness (QED) is 0.227. The Morgan fingerprint density at radius 1 is 0.694 bits per heavy atom. The molecular weight excluding hydrogens is 464 g/mol. The highest BCUT2D eigenvalue weighted by molar-refractivity contribution is 6.41. The van der Waals surface area contributed by atoms with Crippen LogP contribution in [0.5, 0.6) is 0 Å². The average Bonchev–Trinajstić information content (AvgIpc) is 3.14. The molecule has 2 aliphatic rings. The first kappa shape index (κ1) is 22.9. The standard InChI is InChI=1S/C26H20N4O6/c31-25-21-3-1-2-4-22(21)26(32)23(25)16-17-15-20(30(35)36)9-10-24(17)28-13-11-27(12-14-28)18-5-7-19(8-6-18)29(33)34/h1-10,15-16H,11-14H2. The molecule has 1 aliphatic carbocycles. The maximum atomic E-state index is 12.9. The Kier molecular flexibility index (Phi) is 5.77. The van der Waals surface area contributed by atoms with Gasteiger partial charge in [-0.3, -0.25) is 29.8 Å². The van der Waals surface area contributed by atoms with Crippen LogP contribution < -0.4 is 9.80 Å². The number of fused-ring (bicyclic) bond motifs is 1. The maximum Gasteiger partial charge on any atom is 0.270 e. The van der Waals surface area contributed by atoms with Gasteiger partial charge in [0.15, 0.2) is 11.6 Å². The van der Waals surface area contributed by atoms with Crippen molar-refractivity contribution >= 4 is 40.4 Å². The summed E-state index contributed by atoms with van der Waals surface area (Å²) in [4.78, 5) is 51.4. The van der Waals surface area contributed by atoms with E-state index in [0.717, 1.165) is 5.69 Å². The number of carbonyl (C=O) groups excluding carboxylic acids is 2. The van der Waals surface area contributed by atoms with Crippen LogP contribution in [0.3, 0.4) is 0 Å². The normalized spacial score (nSPS) is 15.2. The third-order valence-corrected chi connectivity index (χ3v) is 6.47. The lowest BCUT2D eigenvalue weighted by molar-refractivity contribution is -0.385. The van der Waals surface area contributed by atoms with E-state index in [2.05, 4.69) is 9.80 Å². The molecule has 0 saturated carbocycles. The minimum atomic E-state index is -0.509. The molecule has 1 aliphatic heterocycles. The van der Waals surface area contributed by atoms with Crippen LogP contribution in [-0.2, 0) is 0 Å². The summed E-state index contributed by atoms with van der Waals surface area (Å²) in [7, 11) is 0. The second-order valence-electron chi connectivity index (χ2n) is 8.51. The number of allylic oxidation sites excluding steroid dienone is 1. The number of nitro groups is 2. The number of rotatable bonds is 5. The molecule has 0 atom stereocenters. The van der Waals surface area contributed by atoms with Crippen molar-refractivity contribution in [2.75, 3.05) is 36.0 Å². The van der Waals surface area contributed by atoms with Crippen LogP contribution in [0.15, 0.2) is 72.3 Å². The van der Waals surface area contributed by atoms with Gasteiger partial charge in [-0.25, -0.2) is 0 Å². The molecule has 10 heteroatoms. The van der Waals surface area contributed by atoms with Crippen LogP contribution in [0.2, 0.25) is 0 Å². The predicted molar refractivity (Wildman–Crippen MR) is 134 cm³/mol. The fraction of sp³-hybridized carbons (Fsp3) is 0.154. The van der Waals surface area contributed by atoms with Gasteiger partial charge in [-0.2, -0.15) is 0 Å². The summed E-state index contributed by atoms with van der Waals surface area (Å²) in [6.45, 7) is 2.39. The number of non-ortho nitro benzene ring substituents is 2. The number of benzene rings is 3. The monoisotopic (exact) mass is 484 g/mol. The number of nitro benzene ring substituents is 2. The highest BCUT2D eigenvalue weighted by Gasteiger charge is 2.33. The molecule has 0 aromatic heterocycles. The number of Topliss-reactive ketones (excluding diaryl/α,β-unsaturated/α-hetero) is 2. The predicted octanol–water partition coefficient (Wildman–Crippen LogP) is 4.29. The van der Waals surface area contributed by atoms with Gasteiger partial charge in [0.05, 0.1) is 15.4 Å². The molecule has 0 spiro atoms. The average molecular weight is 484 g/mol. The van der Waals surface area contributed by atoms with Crippen molar-refractivity contribution in [2.24, 2.45) is 0 Å². The first-order valence-corrected chi connectivity index (χ1v) is 11.3. The minimum Gasteiger partial charge on any atom is -0.368 e. The summed E-state index contributed by atoms with van der Waals surface area (Å²) in [5.41, 5.74) is 2.53. The lowest BCUT2D eigenvalue weighted by Crippen LogP contribution is -2.46. The molecule has 5 rings (SSSR count). The summed E-state index contributed by atoms with van der Waals surface area (Å²) in [6.07, 6.45) is 1.45. The van der Waals surface area contributed by atoms with E-state index in [1.807, 2.05) is 0 Å². The smallest absolute Gasteiger partial charge is 0.270 e. The minimum absolute atomic E-state index is 0.0116. The molecule has 0 radical (unpaired) electrons. The number of piperazine rings is 1. The van der Waals surface area contributed by atoms with Crippen LogP contribution in [0.4, 0.5) is 22.7 Å². The molecule has 0 amide bonds. The lowest BCUT2D eigenvalue weighted by Gasteiger charge is -2.38.